The van der Waals surface area contributed by atoms with Gasteiger partial charge < -0.3 is 53.5 Å². The molecule has 0 saturated carbocycles. The fourth-order valence-corrected chi connectivity index (χ4v) is 10.6. The number of anilines is 4. The molecule has 0 atom stereocenters. The van der Waals surface area contributed by atoms with Gasteiger partial charge in [-0.15, -0.1) is 5.06 Å². The molecule has 6 aromatic rings. The number of imide groups is 3. The molecule has 6 aromatic carbocycles. The number of hydroxylamine groups is 2. The molecule has 1 saturated heterocycles. The predicted octanol–water partition coefficient (Wildman–Crippen LogP) is 0.175. The van der Waals surface area contributed by atoms with Crippen molar-refractivity contribution in [2.75, 3.05) is 75.2 Å². The number of carboxylic acids is 1. The number of aromatic carboxylic acids is 1. The van der Waals surface area contributed by atoms with Crippen LogP contribution in [0.3, 0.4) is 0 Å². The average Bonchev–Trinajstić information content (AvgIpc) is 3.61. The second kappa shape index (κ2) is 17.9. The van der Waals surface area contributed by atoms with E-state index in [1.165, 1.54) is 48.5 Å². The van der Waals surface area contributed by atoms with Crippen molar-refractivity contribution < 1.29 is 82.1 Å². The molecule has 11 rings (SSSR count). The first kappa shape index (κ1) is 49.7. The zero-order valence-electron chi connectivity index (χ0n) is 39.5. The van der Waals surface area contributed by atoms with Crippen LogP contribution in [0.15, 0.2) is 97.1 Å². The molecule has 1 N–H and O–H groups in total. The van der Waals surface area contributed by atoms with Crippen LogP contribution in [0, 0.1) is 0 Å². The van der Waals surface area contributed by atoms with Crippen LogP contribution in [0.2, 0.25) is 0 Å². The number of carbonyl (C=O) groups excluding carboxylic acids is 7. The lowest BCUT2D eigenvalue weighted by molar-refractivity contribution is -0.904. The zero-order valence-corrected chi connectivity index (χ0v) is 41.0. The number of fused-ring (bicyclic) bond motifs is 4. The minimum absolute atomic E-state index is 0. The molecule has 71 heavy (non-hydrogen) atoms. The SMILES string of the molecule is CN1C[N+](C)(C)Cc2cc3c4c(cccc4c21)C(=O)N(c1ccc(C(=O)O)cc1)C3=O.CN1C[N+](C)(C)Cc2cc3c4c(cccc4c21)C(=O)N(c1ccc(C(=O)ON2C(=O)CCC2=O)cc1)C3=O.[Cl-].[Cl-]. The summed E-state index contributed by atoms with van der Waals surface area (Å²) in [5.41, 5.74) is 6.89. The van der Waals surface area contributed by atoms with Gasteiger partial charge in [-0.3, -0.25) is 28.8 Å². The molecular weight excluding hydrogens is 954 g/mol. The standard InChI is InChI=1S/C28H25N4O6.C24H21N3O4.2ClH/c1-29-15-32(2,3)14-17-13-21-24-19(25(17)29)5-4-6-20(24)26(35)30(27(21)36)18-9-7-16(8-10-18)28(37)38-31-22(33)11-12-23(31)34;1-25-13-27(2,3)12-15-11-19-20-17(21(15)25)5-4-6-18(20)22(28)26(23(19)29)16-9-7-14(8-10-16)24(30)31;;/h4-10,13H,11-12,14-15H2,1-3H3;4-11H,12-13H2,1-3H3;2*1H/q+1;;;/p-1. The molecule has 19 heteroatoms. The van der Waals surface area contributed by atoms with Crippen LogP contribution in [-0.4, -0.2) is 122 Å². The highest BCUT2D eigenvalue weighted by atomic mass is 35.5. The normalized spacial score (nSPS) is 17.3. The first-order valence-corrected chi connectivity index (χ1v) is 22.3. The van der Waals surface area contributed by atoms with Gasteiger partial charge in [0.15, 0.2) is 13.3 Å². The maximum Gasteiger partial charge on any atom is 0.363 e. The van der Waals surface area contributed by atoms with Gasteiger partial charge in [0.2, 0.25) is 0 Å². The number of benzene rings is 6. The number of quaternary nitrogens is 2. The number of hydrogen-bond donors (Lipinski definition) is 1. The Morgan fingerprint density at radius 2 is 0.915 bits per heavy atom. The van der Waals surface area contributed by atoms with Crippen LogP contribution >= 0.6 is 0 Å². The van der Waals surface area contributed by atoms with E-state index in [-0.39, 0.29) is 48.8 Å². The van der Waals surface area contributed by atoms with E-state index >= 15 is 0 Å². The van der Waals surface area contributed by atoms with Gasteiger partial charge in [0.25, 0.3) is 35.4 Å². The lowest BCUT2D eigenvalue weighted by Gasteiger charge is -2.41. The van der Waals surface area contributed by atoms with E-state index < -0.39 is 47.4 Å². The summed E-state index contributed by atoms with van der Waals surface area (Å²) in [6.45, 7) is 3.15. The quantitative estimate of drug-likeness (QED) is 0.183. The van der Waals surface area contributed by atoms with E-state index in [1.54, 1.807) is 12.1 Å². The maximum atomic E-state index is 13.8. The smallest absolute Gasteiger partial charge is 0.363 e. The second-order valence-electron chi connectivity index (χ2n) is 19.4. The summed E-state index contributed by atoms with van der Waals surface area (Å²) in [7, 11) is 12.6. The molecule has 0 aromatic heterocycles. The van der Waals surface area contributed by atoms with Crippen molar-refractivity contribution in [2.45, 2.75) is 25.9 Å². The molecule has 0 spiro atoms. The molecule has 1 fully saturated rings. The first-order valence-electron chi connectivity index (χ1n) is 22.3. The summed E-state index contributed by atoms with van der Waals surface area (Å²) in [4.78, 5) is 113. The molecule has 5 heterocycles. The zero-order chi connectivity index (χ0) is 49.0. The third kappa shape index (κ3) is 8.29. The molecular formula is C52H47Cl2N7O10. The van der Waals surface area contributed by atoms with E-state index in [9.17, 15) is 38.4 Å². The van der Waals surface area contributed by atoms with Gasteiger partial charge >= 0.3 is 11.9 Å². The molecule has 0 aliphatic carbocycles. The topological polar surface area (TPSA) is 182 Å². The summed E-state index contributed by atoms with van der Waals surface area (Å²) < 4.78 is 1.50. The van der Waals surface area contributed by atoms with E-state index in [1.807, 2.05) is 50.5 Å². The van der Waals surface area contributed by atoms with Crippen LogP contribution in [-0.2, 0) is 27.5 Å². The van der Waals surface area contributed by atoms with Gasteiger partial charge in [-0.05, 0) is 72.8 Å². The number of amides is 6. The molecule has 0 bridgehead atoms. The molecule has 6 amide bonds. The Hall–Kier alpha value is -7.70. The van der Waals surface area contributed by atoms with Crippen molar-refractivity contribution in [3.8, 4) is 0 Å². The van der Waals surface area contributed by atoms with Crippen LogP contribution in [0.5, 0.6) is 0 Å². The third-order valence-corrected chi connectivity index (χ3v) is 13.2. The van der Waals surface area contributed by atoms with E-state index in [4.69, 9.17) is 9.94 Å². The third-order valence-electron chi connectivity index (χ3n) is 13.2. The Bertz CT molecular complexity index is 3320. The summed E-state index contributed by atoms with van der Waals surface area (Å²) in [6, 6.07) is 26.4. The van der Waals surface area contributed by atoms with Gasteiger partial charge in [-0.25, -0.2) is 19.4 Å². The highest BCUT2D eigenvalue weighted by Crippen LogP contribution is 2.44. The maximum absolute atomic E-state index is 13.8. The van der Waals surface area contributed by atoms with E-state index in [0.717, 1.165) is 78.5 Å². The van der Waals surface area contributed by atoms with Crippen LogP contribution < -0.4 is 44.4 Å². The summed E-state index contributed by atoms with van der Waals surface area (Å²) in [6.07, 6.45) is -0.0110. The van der Waals surface area contributed by atoms with Crippen molar-refractivity contribution in [2.24, 2.45) is 0 Å². The molecule has 0 unspecified atom stereocenters. The first-order chi connectivity index (χ1) is 32.7. The van der Waals surface area contributed by atoms with E-state index in [2.05, 4.69) is 38.0 Å². The number of halogens is 2. The summed E-state index contributed by atoms with van der Waals surface area (Å²) in [5, 5.41) is 12.7. The fourth-order valence-electron chi connectivity index (χ4n) is 10.6. The van der Waals surface area contributed by atoms with Crippen LogP contribution in [0.25, 0.3) is 21.5 Å². The van der Waals surface area contributed by atoms with Gasteiger partial charge in [0.1, 0.15) is 13.1 Å². The van der Waals surface area contributed by atoms with Crippen molar-refractivity contribution in [3.05, 3.63) is 142 Å². The van der Waals surface area contributed by atoms with Crippen LogP contribution in [0.1, 0.15) is 86.1 Å². The molecule has 5 aliphatic rings. The van der Waals surface area contributed by atoms with Gasteiger partial charge in [-0.1, -0.05) is 24.3 Å². The van der Waals surface area contributed by atoms with Gasteiger partial charge in [0, 0.05) is 81.9 Å². The molecule has 5 aliphatic heterocycles. The molecule has 364 valence electrons. The van der Waals surface area contributed by atoms with E-state index in [0.29, 0.717) is 49.5 Å². The fraction of sp³-hybridized carbons (Fsp3) is 0.231. The Balaban J connectivity index is 0.000000189. The number of rotatable bonds is 5. The lowest BCUT2D eigenvalue weighted by Crippen LogP contribution is -3.00. The summed E-state index contributed by atoms with van der Waals surface area (Å²) >= 11 is 0. The Labute approximate surface area is 419 Å². The van der Waals surface area contributed by atoms with Gasteiger partial charge in [-0.2, -0.15) is 0 Å². The van der Waals surface area contributed by atoms with Crippen molar-refractivity contribution in [1.82, 2.24) is 5.06 Å². The predicted molar refractivity (Wildman–Crippen MR) is 255 cm³/mol. The number of hydrogen-bond acceptors (Lipinski definition) is 11. The monoisotopic (exact) mass is 999 g/mol. The molecule has 0 radical (unpaired) electrons. The summed E-state index contributed by atoms with van der Waals surface area (Å²) in [5.74, 6) is -4.79. The highest BCUT2D eigenvalue weighted by molar-refractivity contribution is 6.38. The number of carboxylic acid groups (broad SMARTS) is 1. The second-order valence-corrected chi connectivity index (χ2v) is 19.4. The Morgan fingerprint density at radius 3 is 1.31 bits per heavy atom. The van der Waals surface area contributed by atoms with Crippen LogP contribution in [0.4, 0.5) is 22.7 Å². The van der Waals surface area contributed by atoms with Crippen molar-refractivity contribution in [3.63, 3.8) is 0 Å². The number of carbonyl (C=O) groups is 8. The van der Waals surface area contributed by atoms with Gasteiger partial charge in [0.05, 0.1) is 62.1 Å². The minimum Gasteiger partial charge on any atom is -1.00 e. The molecule has 17 nitrogen and oxygen atoms in total. The largest absolute Gasteiger partial charge is 1.00 e. The Morgan fingerprint density at radius 1 is 0.535 bits per heavy atom. The average molecular weight is 1000 g/mol. The number of nitrogens with zero attached hydrogens (tertiary/aromatic N) is 7. The lowest BCUT2D eigenvalue weighted by atomic mass is 9.89. The van der Waals surface area contributed by atoms with Crippen molar-refractivity contribution in [1.29, 1.82) is 0 Å². The highest BCUT2D eigenvalue weighted by Gasteiger charge is 2.41. The van der Waals surface area contributed by atoms with Crippen molar-refractivity contribution >= 4 is 91.7 Å². The Kier molecular flexibility index (Phi) is 12.5. The minimum atomic E-state index is -1.06.